The molecule has 6 heteroatoms. The number of ether oxygens (including phenoxy) is 1. The lowest BCUT2D eigenvalue weighted by Gasteiger charge is -2.12. The van der Waals surface area contributed by atoms with Gasteiger partial charge in [-0.3, -0.25) is 14.0 Å². The van der Waals surface area contributed by atoms with Crippen LogP contribution in [0.25, 0.3) is 0 Å². The van der Waals surface area contributed by atoms with Gasteiger partial charge in [0.15, 0.2) is 5.82 Å². The lowest BCUT2D eigenvalue weighted by atomic mass is 10.1. The zero-order chi connectivity index (χ0) is 13.4. The third kappa shape index (κ3) is 2.40. The molecule has 0 radical (unpaired) electrons. The maximum Gasteiger partial charge on any atom is 0.161 e. The predicted molar refractivity (Wildman–Crippen MR) is 76.5 cm³/mol. The van der Waals surface area contributed by atoms with E-state index < -0.39 is 0 Å². The van der Waals surface area contributed by atoms with E-state index in [2.05, 4.69) is 14.4 Å². The highest BCUT2D eigenvalue weighted by atomic mass is 32.2. The molecule has 100 valence electrons. The van der Waals surface area contributed by atoms with Crippen molar-refractivity contribution in [3.8, 4) is 5.75 Å². The first-order valence-electron chi connectivity index (χ1n) is 6.12. The van der Waals surface area contributed by atoms with Crippen LogP contribution in [-0.2, 0) is 6.54 Å². The summed E-state index contributed by atoms with van der Waals surface area (Å²) in [5, 5.41) is 4.53. The highest BCUT2D eigenvalue weighted by Crippen LogP contribution is 2.34. The molecular formula is C13H16N4OS. The Hall–Kier alpha value is -1.69. The van der Waals surface area contributed by atoms with Crippen molar-refractivity contribution >= 4 is 17.8 Å². The maximum absolute atomic E-state index is 5.43. The van der Waals surface area contributed by atoms with E-state index in [1.54, 1.807) is 19.1 Å². The van der Waals surface area contributed by atoms with Crippen LogP contribution in [0.5, 0.6) is 5.75 Å². The van der Waals surface area contributed by atoms with Crippen molar-refractivity contribution in [2.24, 2.45) is 0 Å². The Labute approximate surface area is 116 Å². The van der Waals surface area contributed by atoms with Crippen LogP contribution in [0.3, 0.4) is 0 Å². The van der Waals surface area contributed by atoms with Crippen LogP contribution in [-0.4, -0.2) is 27.8 Å². The number of aromatic nitrogens is 3. The van der Waals surface area contributed by atoms with Crippen molar-refractivity contribution in [3.63, 3.8) is 0 Å². The Kier molecular flexibility index (Phi) is 3.10. The first kappa shape index (κ1) is 12.3. The minimum Gasteiger partial charge on any atom is -0.496 e. The third-order valence-electron chi connectivity index (χ3n) is 3.20. The van der Waals surface area contributed by atoms with Gasteiger partial charge < -0.3 is 4.74 Å². The fourth-order valence-electron chi connectivity index (χ4n) is 2.12. The van der Waals surface area contributed by atoms with Gasteiger partial charge >= 0.3 is 0 Å². The summed E-state index contributed by atoms with van der Waals surface area (Å²) >= 11 is 1.77. The minimum absolute atomic E-state index is 0.668. The van der Waals surface area contributed by atoms with Crippen molar-refractivity contribution in [3.05, 3.63) is 35.3 Å². The van der Waals surface area contributed by atoms with E-state index in [0.29, 0.717) is 6.54 Å². The molecule has 0 N–H and O–H groups in total. The van der Waals surface area contributed by atoms with E-state index in [9.17, 15) is 0 Å². The molecule has 2 aromatic heterocycles. The molecule has 5 nitrogen and oxygen atoms in total. The number of anilines is 1. The van der Waals surface area contributed by atoms with Crippen molar-refractivity contribution < 1.29 is 4.74 Å². The summed E-state index contributed by atoms with van der Waals surface area (Å²) in [7, 11) is 1.70. The molecule has 0 aromatic carbocycles. The van der Waals surface area contributed by atoms with E-state index in [1.165, 1.54) is 0 Å². The lowest BCUT2D eigenvalue weighted by molar-refractivity contribution is 0.406. The average Bonchev–Trinajstić information content (AvgIpc) is 3.14. The predicted octanol–water partition coefficient (Wildman–Crippen LogP) is 2.38. The molecule has 0 bridgehead atoms. The Morgan fingerprint density at radius 1 is 1.42 bits per heavy atom. The number of pyridine rings is 1. The minimum atomic E-state index is 0.668. The monoisotopic (exact) mass is 276 g/mol. The molecule has 1 aliphatic heterocycles. The van der Waals surface area contributed by atoms with Crippen molar-refractivity contribution in [1.82, 2.24) is 14.8 Å². The third-order valence-corrected chi connectivity index (χ3v) is 3.91. The SMILES string of the molecule is COc1c(C)cnc(Cn2ccc(N3CS3)n2)c1C. The van der Waals surface area contributed by atoms with Gasteiger partial charge in [-0.25, -0.2) is 0 Å². The van der Waals surface area contributed by atoms with E-state index in [-0.39, 0.29) is 0 Å². The maximum atomic E-state index is 5.43. The number of hydrogen-bond acceptors (Lipinski definition) is 5. The molecular weight excluding hydrogens is 260 g/mol. The van der Waals surface area contributed by atoms with Crippen LogP contribution in [0.15, 0.2) is 18.5 Å². The van der Waals surface area contributed by atoms with E-state index >= 15 is 0 Å². The van der Waals surface area contributed by atoms with Crippen LogP contribution in [0, 0.1) is 13.8 Å². The first-order valence-corrected chi connectivity index (χ1v) is 7.06. The molecule has 0 saturated carbocycles. The molecule has 0 unspecified atom stereocenters. The average molecular weight is 276 g/mol. The van der Waals surface area contributed by atoms with Crippen LogP contribution in [0.4, 0.5) is 5.82 Å². The number of methoxy groups -OCH3 is 1. The van der Waals surface area contributed by atoms with Crippen LogP contribution >= 0.6 is 11.9 Å². The number of hydrogen-bond donors (Lipinski definition) is 0. The summed E-state index contributed by atoms with van der Waals surface area (Å²) in [6, 6.07) is 2.03. The van der Waals surface area contributed by atoms with Crippen molar-refractivity contribution in [1.29, 1.82) is 0 Å². The second-order valence-corrected chi connectivity index (χ2v) is 5.51. The van der Waals surface area contributed by atoms with Gasteiger partial charge in [0.1, 0.15) is 5.75 Å². The van der Waals surface area contributed by atoms with Gasteiger partial charge in [0.25, 0.3) is 0 Å². The standard InChI is InChI=1S/C13H16N4OS/c1-9-6-14-11(10(2)13(9)18-3)7-16-5-4-12(15-16)17-8-19-17/h4-6H,7-8H2,1-3H3. The second kappa shape index (κ2) is 4.77. The van der Waals surface area contributed by atoms with Crippen LogP contribution in [0.2, 0.25) is 0 Å². The molecule has 1 fully saturated rings. The van der Waals surface area contributed by atoms with Gasteiger partial charge in [-0.05, 0) is 25.8 Å². The Bertz CT molecular complexity index is 607. The molecule has 0 amide bonds. The topological polar surface area (TPSA) is 43.0 Å². The Balaban J connectivity index is 1.85. The van der Waals surface area contributed by atoms with Gasteiger partial charge in [-0.1, -0.05) is 0 Å². The summed E-state index contributed by atoms with van der Waals surface area (Å²) in [5.74, 6) is 2.97. The highest BCUT2D eigenvalue weighted by Gasteiger charge is 2.22. The van der Waals surface area contributed by atoms with E-state index in [0.717, 1.165) is 34.3 Å². The largest absolute Gasteiger partial charge is 0.496 e. The molecule has 2 aromatic rings. The lowest BCUT2D eigenvalue weighted by Crippen LogP contribution is -2.07. The second-order valence-electron chi connectivity index (χ2n) is 4.55. The zero-order valence-corrected chi connectivity index (χ0v) is 12.1. The molecule has 3 heterocycles. The number of aryl methyl sites for hydroxylation is 1. The molecule has 1 aliphatic rings. The Morgan fingerprint density at radius 3 is 2.89 bits per heavy atom. The summed E-state index contributed by atoms with van der Waals surface area (Å²) in [6.45, 7) is 4.71. The van der Waals surface area contributed by atoms with Gasteiger partial charge in [-0.15, -0.1) is 0 Å². The van der Waals surface area contributed by atoms with E-state index in [4.69, 9.17) is 4.74 Å². The molecule has 0 atom stereocenters. The fourth-order valence-corrected chi connectivity index (χ4v) is 2.54. The number of nitrogens with zero attached hydrogens (tertiary/aromatic N) is 4. The van der Waals surface area contributed by atoms with Crippen molar-refractivity contribution in [2.75, 3.05) is 17.3 Å². The summed E-state index contributed by atoms with van der Waals surface area (Å²) in [4.78, 5) is 4.49. The molecule has 0 aliphatic carbocycles. The van der Waals surface area contributed by atoms with Gasteiger partial charge in [0.05, 0.1) is 25.2 Å². The van der Waals surface area contributed by atoms with E-state index in [1.807, 2.05) is 37.0 Å². The summed E-state index contributed by atoms with van der Waals surface area (Å²) in [6.07, 6.45) is 3.84. The molecule has 1 saturated heterocycles. The van der Waals surface area contributed by atoms with Crippen LogP contribution < -0.4 is 9.04 Å². The highest BCUT2D eigenvalue weighted by molar-refractivity contribution is 8.07. The summed E-state index contributed by atoms with van der Waals surface area (Å²) in [5.41, 5.74) is 3.14. The van der Waals surface area contributed by atoms with Crippen molar-refractivity contribution in [2.45, 2.75) is 20.4 Å². The Morgan fingerprint density at radius 2 is 2.21 bits per heavy atom. The fraction of sp³-hybridized carbons (Fsp3) is 0.385. The number of rotatable bonds is 4. The first-order chi connectivity index (χ1) is 9.19. The summed E-state index contributed by atoms with van der Waals surface area (Å²) < 4.78 is 9.49. The van der Waals surface area contributed by atoms with Gasteiger partial charge in [0, 0.05) is 29.6 Å². The normalized spacial score (nSPS) is 13.7. The smallest absolute Gasteiger partial charge is 0.161 e. The van der Waals surface area contributed by atoms with Gasteiger partial charge in [-0.2, -0.15) is 5.10 Å². The quantitative estimate of drug-likeness (QED) is 0.633. The molecule has 3 rings (SSSR count). The molecule has 19 heavy (non-hydrogen) atoms. The van der Waals surface area contributed by atoms with Crippen LogP contribution in [0.1, 0.15) is 16.8 Å². The zero-order valence-electron chi connectivity index (χ0n) is 11.3. The van der Waals surface area contributed by atoms with Gasteiger partial charge in [0.2, 0.25) is 0 Å². The molecule has 0 spiro atoms.